The number of hydrogen-bond acceptors (Lipinski definition) is 7. The molecule has 0 unspecified atom stereocenters. The summed E-state index contributed by atoms with van der Waals surface area (Å²) in [5.41, 5.74) is 1.61. The van der Waals surface area contributed by atoms with E-state index in [1.54, 1.807) is 17.0 Å². The van der Waals surface area contributed by atoms with Gasteiger partial charge >= 0.3 is 0 Å². The Labute approximate surface area is 167 Å². The van der Waals surface area contributed by atoms with Crippen LogP contribution in [0.25, 0.3) is 17.1 Å². The molecule has 9 heteroatoms. The van der Waals surface area contributed by atoms with Crippen molar-refractivity contribution >= 4 is 28.8 Å². The van der Waals surface area contributed by atoms with Gasteiger partial charge in [-0.3, -0.25) is 4.79 Å². The fraction of sp³-hybridized carbons (Fsp3) is 0.300. The molecule has 0 radical (unpaired) electrons. The second-order valence-electron chi connectivity index (χ2n) is 6.49. The van der Waals surface area contributed by atoms with Crippen LogP contribution in [-0.4, -0.2) is 45.5 Å². The highest BCUT2D eigenvalue weighted by Crippen LogP contribution is 2.32. The van der Waals surface area contributed by atoms with Crippen LogP contribution in [0.4, 0.5) is 5.82 Å². The zero-order chi connectivity index (χ0) is 20.1. The summed E-state index contributed by atoms with van der Waals surface area (Å²) in [6, 6.07) is 5.54. The van der Waals surface area contributed by atoms with Gasteiger partial charge in [-0.1, -0.05) is 13.0 Å². The van der Waals surface area contributed by atoms with E-state index >= 15 is 0 Å². The van der Waals surface area contributed by atoms with E-state index in [0.717, 1.165) is 41.1 Å². The number of fused-ring (bicyclic) bond motifs is 2. The van der Waals surface area contributed by atoms with E-state index in [2.05, 4.69) is 32.6 Å². The van der Waals surface area contributed by atoms with Crippen molar-refractivity contribution in [1.82, 2.24) is 25.1 Å². The van der Waals surface area contributed by atoms with E-state index in [1.165, 1.54) is 12.4 Å². The Bertz CT molecular complexity index is 1050. The fourth-order valence-corrected chi connectivity index (χ4v) is 2.97. The minimum absolute atomic E-state index is 0.181. The van der Waals surface area contributed by atoms with Crippen LogP contribution >= 0.6 is 0 Å². The monoisotopic (exact) mass is 394 g/mol. The molecule has 4 rings (SSSR count). The first kappa shape index (κ1) is 18.7. The lowest BCUT2D eigenvalue weighted by Crippen LogP contribution is -2.25. The highest BCUT2D eigenvalue weighted by molar-refractivity contribution is 5.91. The van der Waals surface area contributed by atoms with E-state index in [4.69, 9.17) is 9.47 Å². The van der Waals surface area contributed by atoms with Gasteiger partial charge in [0, 0.05) is 19.2 Å². The summed E-state index contributed by atoms with van der Waals surface area (Å²) in [7, 11) is 0. The third-order valence-corrected chi connectivity index (χ3v) is 4.42. The lowest BCUT2D eigenvalue weighted by atomic mass is 10.2. The van der Waals surface area contributed by atoms with Crippen LogP contribution in [0.3, 0.4) is 0 Å². The summed E-state index contributed by atoms with van der Waals surface area (Å²) in [4.78, 5) is 20.7. The number of carbonyl (C=O) groups is 1. The molecule has 0 saturated carbocycles. The first-order chi connectivity index (χ1) is 14.2. The molecular formula is C20H22N6O3. The first-order valence-corrected chi connectivity index (χ1v) is 9.50. The van der Waals surface area contributed by atoms with Gasteiger partial charge < -0.3 is 20.1 Å². The molecule has 3 aromatic rings. The average molecular weight is 394 g/mol. The SMILES string of the molecule is CCCNc1ncnc2c1cnn2CCNC(=O)/C=C/c1ccc2c(c1)OCO2. The Hall–Kier alpha value is -3.62. The van der Waals surface area contributed by atoms with E-state index in [0.29, 0.717) is 18.8 Å². The Kier molecular flexibility index (Phi) is 5.55. The van der Waals surface area contributed by atoms with E-state index in [-0.39, 0.29) is 12.7 Å². The first-order valence-electron chi connectivity index (χ1n) is 9.50. The number of anilines is 1. The smallest absolute Gasteiger partial charge is 0.244 e. The maximum absolute atomic E-state index is 12.1. The standard InChI is InChI=1S/C20H22N6O3/c1-2-7-22-19-15-11-25-26(20(15)24-12-23-19)9-8-21-18(27)6-4-14-3-5-16-17(10-14)29-13-28-16/h3-6,10-12H,2,7-9,13H2,1H3,(H,21,27)(H,22,23,24)/b6-4+. The van der Waals surface area contributed by atoms with Gasteiger partial charge in [0.1, 0.15) is 12.1 Å². The van der Waals surface area contributed by atoms with E-state index in [9.17, 15) is 4.79 Å². The van der Waals surface area contributed by atoms with Gasteiger partial charge in [-0.25, -0.2) is 14.6 Å². The summed E-state index contributed by atoms with van der Waals surface area (Å²) in [5, 5.41) is 11.4. The molecule has 3 heterocycles. The summed E-state index contributed by atoms with van der Waals surface area (Å²) in [6.07, 6.45) is 7.50. The predicted octanol–water partition coefficient (Wildman–Crippen LogP) is 2.21. The minimum atomic E-state index is -0.181. The third-order valence-electron chi connectivity index (χ3n) is 4.42. The molecule has 1 aliphatic heterocycles. The molecule has 2 N–H and O–H groups in total. The molecule has 0 bridgehead atoms. The number of benzene rings is 1. The number of carbonyl (C=O) groups excluding carboxylic acids is 1. The van der Waals surface area contributed by atoms with Gasteiger partial charge in [-0.05, 0) is 30.2 Å². The number of nitrogens with zero attached hydrogens (tertiary/aromatic N) is 4. The number of aromatic nitrogens is 4. The molecule has 29 heavy (non-hydrogen) atoms. The second kappa shape index (κ2) is 8.59. The summed E-state index contributed by atoms with van der Waals surface area (Å²) >= 11 is 0. The van der Waals surface area contributed by atoms with Crippen molar-refractivity contribution < 1.29 is 14.3 Å². The predicted molar refractivity (Wildman–Crippen MR) is 109 cm³/mol. The number of hydrogen-bond donors (Lipinski definition) is 2. The topological polar surface area (TPSA) is 103 Å². The van der Waals surface area contributed by atoms with Gasteiger partial charge in [0.25, 0.3) is 0 Å². The highest BCUT2D eigenvalue weighted by Gasteiger charge is 2.12. The minimum Gasteiger partial charge on any atom is -0.454 e. The quantitative estimate of drug-likeness (QED) is 0.565. The number of ether oxygens (including phenoxy) is 2. The molecule has 1 aromatic carbocycles. The van der Waals surface area contributed by atoms with Crippen molar-refractivity contribution in [2.45, 2.75) is 19.9 Å². The van der Waals surface area contributed by atoms with Crippen LogP contribution in [0.5, 0.6) is 11.5 Å². The van der Waals surface area contributed by atoms with Crippen molar-refractivity contribution in [2.24, 2.45) is 0 Å². The molecule has 9 nitrogen and oxygen atoms in total. The zero-order valence-electron chi connectivity index (χ0n) is 16.1. The van der Waals surface area contributed by atoms with Crippen LogP contribution in [-0.2, 0) is 11.3 Å². The van der Waals surface area contributed by atoms with Gasteiger partial charge in [-0.15, -0.1) is 0 Å². The number of amides is 1. The van der Waals surface area contributed by atoms with Crippen molar-refractivity contribution in [3.63, 3.8) is 0 Å². The Morgan fingerprint density at radius 1 is 1.24 bits per heavy atom. The Morgan fingerprint density at radius 3 is 3.03 bits per heavy atom. The van der Waals surface area contributed by atoms with Crippen molar-refractivity contribution in [3.8, 4) is 11.5 Å². The van der Waals surface area contributed by atoms with Crippen LogP contribution in [0.2, 0.25) is 0 Å². The van der Waals surface area contributed by atoms with E-state index in [1.807, 2.05) is 18.2 Å². The maximum Gasteiger partial charge on any atom is 0.244 e. The van der Waals surface area contributed by atoms with Gasteiger partial charge in [0.2, 0.25) is 12.7 Å². The third kappa shape index (κ3) is 4.29. The van der Waals surface area contributed by atoms with Gasteiger partial charge in [0.05, 0.1) is 18.1 Å². The molecule has 2 aromatic heterocycles. The Morgan fingerprint density at radius 2 is 2.14 bits per heavy atom. The van der Waals surface area contributed by atoms with Gasteiger partial charge in [0.15, 0.2) is 17.1 Å². The number of nitrogens with one attached hydrogen (secondary N) is 2. The molecule has 1 amide bonds. The van der Waals surface area contributed by atoms with E-state index < -0.39 is 0 Å². The van der Waals surface area contributed by atoms with Crippen molar-refractivity contribution in [3.05, 3.63) is 42.4 Å². The molecule has 0 spiro atoms. The zero-order valence-corrected chi connectivity index (χ0v) is 16.1. The van der Waals surface area contributed by atoms with Crippen LogP contribution in [0.1, 0.15) is 18.9 Å². The lowest BCUT2D eigenvalue weighted by molar-refractivity contribution is -0.116. The number of rotatable bonds is 8. The molecule has 0 saturated heterocycles. The van der Waals surface area contributed by atoms with Gasteiger partial charge in [-0.2, -0.15) is 5.10 Å². The van der Waals surface area contributed by atoms with Crippen LogP contribution in [0, 0.1) is 0 Å². The van der Waals surface area contributed by atoms with Crippen molar-refractivity contribution in [2.75, 3.05) is 25.2 Å². The normalized spacial score (nSPS) is 12.6. The summed E-state index contributed by atoms with van der Waals surface area (Å²) < 4.78 is 12.4. The molecule has 0 aliphatic carbocycles. The summed E-state index contributed by atoms with van der Waals surface area (Å²) in [5.74, 6) is 2.00. The highest BCUT2D eigenvalue weighted by atomic mass is 16.7. The molecule has 1 aliphatic rings. The van der Waals surface area contributed by atoms with Crippen molar-refractivity contribution in [1.29, 1.82) is 0 Å². The van der Waals surface area contributed by atoms with Crippen LogP contribution in [0.15, 0.2) is 36.8 Å². The summed E-state index contributed by atoms with van der Waals surface area (Å²) in [6.45, 7) is 4.11. The maximum atomic E-state index is 12.1. The molecule has 150 valence electrons. The average Bonchev–Trinajstić information content (AvgIpc) is 3.37. The fourth-order valence-electron chi connectivity index (χ4n) is 2.97. The molecule has 0 fully saturated rings. The Balaban J connectivity index is 1.32. The lowest BCUT2D eigenvalue weighted by Gasteiger charge is -2.06. The van der Waals surface area contributed by atoms with Crippen LogP contribution < -0.4 is 20.1 Å². The molecular weight excluding hydrogens is 372 g/mol. The second-order valence-corrected chi connectivity index (χ2v) is 6.49. The molecule has 0 atom stereocenters. The largest absolute Gasteiger partial charge is 0.454 e.